The molecule has 1 aromatic carbocycles. The predicted octanol–water partition coefficient (Wildman–Crippen LogP) is 1.70. The number of rotatable bonds is 2. The molecule has 0 saturated carbocycles. The number of anilines is 1. The van der Waals surface area contributed by atoms with Crippen molar-refractivity contribution in [3.05, 3.63) is 46.8 Å². The van der Waals surface area contributed by atoms with Crippen LogP contribution in [0, 0.1) is 11.3 Å². The molecule has 0 fully saturated rings. The maximum atomic E-state index is 12.8. The first kappa shape index (κ1) is 14.1. The molecule has 0 radical (unpaired) electrons. The molecule has 2 heterocycles. The third-order valence-electron chi connectivity index (χ3n) is 3.38. The molecule has 5 nitrogen and oxygen atoms in total. The Hall–Kier alpha value is -1.88. The molecule has 1 aromatic heterocycles. The van der Waals surface area contributed by atoms with Crippen LogP contribution in [-0.2, 0) is 16.4 Å². The third kappa shape index (κ3) is 2.42. The first-order valence-corrected chi connectivity index (χ1v) is 8.64. The van der Waals surface area contributed by atoms with Crippen LogP contribution < -0.4 is 10.0 Å². The average molecular weight is 319 g/mol. The Morgan fingerprint density at radius 3 is 2.76 bits per heavy atom. The zero-order chi connectivity index (χ0) is 15.0. The molecule has 0 amide bonds. The van der Waals surface area contributed by atoms with Gasteiger partial charge in [0.2, 0.25) is 0 Å². The number of hydrogen-bond donors (Lipinski definition) is 1. The summed E-state index contributed by atoms with van der Waals surface area (Å²) in [5.74, 6) is 0. The molecule has 2 aromatic rings. The van der Waals surface area contributed by atoms with Crippen molar-refractivity contribution in [2.24, 2.45) is 5.73 Å². The normalized spacial score (nSPS) is 18.1. The van der Waals surface area contributed by atoms with Crippen molar-refractivity contribution in [2.75, 3.05) is 10.8 Å². The standard InChI is InChI=1S/C14H13N3O2S2/c15-8-12-5-6-14(20-12)21(18,19)17-9-11(16)7-10-3-1-2-4-13(10)17/h1-6,11H,7,9,16H2. The Labute approximate surface area is 127 Å². The first-order chi connectivity index (χ1) is 10.0. The Bertz CT molecular complexity index is 821. The largest absolute Gasteiger partial charge is 0.326 e. The van der Waals surface area contributed by atoms with E-state index in [4.69, 9.17) is 11.0 Å². The zero-order valence-corrected chi connectivity index (χ0v) is 12.7. The van der Waals surface area contributed by atoms with E-state index in [-0.39, 0.29) is 16.8 Å². The minimum absolute atomic E-state index is 0.169. The van der Waals surface area contributed by atoms with Crippen molar-refractivity contribution in [1.82, 2.24) is 0 Å². The minimum atomic E-state index is -3.68. The molecule has 21 heavy (non-hydrogen) atoms. The van der Waals surface area contributed by atoms with E-state index in [9.17, 15) is 8.42 Å². The van der Waals surface area contributed by atoms with Crippen LogP contribution in [0.2, 0.25) is 0 Å². The molecule has 1 unspecified atom stereocenters. The number of fused-ring (bicyclic) bond motifs is 1. The minimum Gasteiger partial charge on any atom is -0.326 e. The highest BCUT2D eigenvalue weighted by Crippen LogP contribution is 2.33. The van der Waals surface area contributed by atoms with Gasteiger partial charge in [0.1, 0.15) is 15.2 Å². The number of nitrogens with zero attached hydrogens (tertiary/aromatic N) is 2. The van der Waals surface area contributed by atoms with Gasteiger partial charge in [-0.25, -0.2) is 8.42 Å². The van der Waals surface area contributed by atoms with Gasteiger partial charge >= 0.3 is 0 Å². The SMILES string of the molecule is N#Cc1ccc(S(=O)(=O)N2CC(N)Cc3ccccc32)s1. The summed E-state index contributed by atoms with van der Waals surface area (Å²) in [4.78, 5) is 0.378. The molecule has 0 bridgehead atoms. The van der Waals surface area contributed by atoms with Crippen molar-refractivity contribution in [3.8, 4) is 6.07 Å². The van der Waals surface area contributed by atoms with E-state index < -0.39 is 10.0 Å². The van der Waals surface area contributed by atoms with Crippen LogP contribution >= 0.6 is 11.3 Å². The van der Waals surface area contributed by atoms with E-state index in [0.717, 1.165) is 16.9 Å². The molecular formula is C14H13N3O2S2. The smallest absolute Gasteiger partial charge is 0.273 e. The number of nitrogens with two attached hydrogens (primary N) is 1. The summed E-state index contributed by atoms with van der Waals surface area (Å²) in [5.41, 5.74) is 7.59. The number of hydrogen-bond acceptors (Lipinski definition) is 5. The van der Waals surface area contributed by atoms with Crippen molar-refractivity contribution in [2.45, 2.75) is 16.7 Å². The maximum absolute atomic E-state index is 12.8. The fourth-order valence-electron chi connectivity index (χ4n) is 2.44. The molecule has 0 spiro atoms. The van der Waals surface area contributed by atoms with Crippen LogP contribution in [-0.4, -0.2) is 21.0 Å². The zero-order valence-electron chi connectivity index (χ0n) is 11.1. The first-order valence-electron chi connectivity index (χ1n) is 6.38. The Morgan fingerprint density at radius 1 is 1.29 bits per heavy atom. The molecule has 7 heteroatoms. The summed E-state index contributed by atoms with van der Waals surface area (Å²) in [7, 11) is -3.68. The number of sulfonamides is 1. The highest BCUT2D eigenvalue weighted by molar-refractivity contribution is 7.94. The van der Waals surface area contributed by atoms with E-state index in [1.165, 1.54) is 16.4 Å². The lowest BCUT2D eigenvalue weighted by Gasteiger charge is -2.33. The van der Waals surface area contributed by atoms with Gasteiger partial charge in [-0.3, -0.25) is 4.31 Å². The quantitative estimate of drug-likeness (QED) is 0.912. The van der Waals surface area contributed by atoms with Gasteiger partial charge in [0.15, 0.2) is 0 Å². The van der Waals surface area contributed by atoms with E-state index in [1.54, 1.807) is 6.07 Å². The topological polar surface area (TPSA) is 87.2 Å². The van der Waals surface area contributed by atoms with Crippen molar-refractivity contribution >= 4 is 27.0 Å². The lowest BCUT2D eigenvalue weighted by atomic mass is 10.0. The van der Waals surface area contributed by atoms with Crippen LogP contribution in [0.4, 0.5) is 5.69 Å². The third-order valence-corrected chi connectivity index (χ3v) is 6.62. The fraction of sp³-hybridized carbons (Fsp3) is 0.214. The van der Waals surface area contributed by atoms with Gasteiger partial charge < -0.3 is 5.73 Å². The van der Waals surface area contributed by atoms with Crippen molar-refractivity contribution in [1.29, 1.82) is 5.26 Å². The number of benzene rings is 1. The van der Waals surface area contributed by atoms with Crippen LogP contribution in [0.5, 0.6) is 0 Å². The molecule has 1 aliphatic heterocycles. The lowest BCUT2D eigenvalue weighted by molar-refractivity contribution is 0.577. The number of nitriles is 1. The van der Waals surface area contributed by atoms with E-state index in [2.05, 4.69) is 0 Å². The molecule has 0 saturated heterocycles. The van der Waals surface area contributed by atoms with Gasteiger partial charge in [-0.2, -0.15) is 5.26 Å². The van der Waals surface area contributed by atoms with Gasteiger partial charge in [-0.1, -0.05) is 18.2 Å². The number of thiophene rings is 1. The van der Waals surface area contributed by atoms with Gasteiger partial charge in [0.05, 0.1) is 5.69 Å². The Morgan fingerprint density at radius 2 is 2.05 bits per heavy atom. The lowest BCUT2D eigenvalue weighted by Crippen LogP contribution is -2.45. The monoisotopic (exact) mass is 319 g/mol. The number of para-hydroxylation sites is 1. The molecular weight excluding hydrogens is 306 g/mol. The second-order valence-electron chi connectivity index (χ2n) is 4.86. The van der Waals surface area contributed by atoms with Crippen molar-refractivity contribution in [3.63, 3.8) is 0 Å². The average Bonchev–Trinajstić information content (AvgIpc) is 2.96. The Kier molecular flexibility index (Phi) is 3.45. The highest BCUT2D eigenvalue weighted by Gasteiger charge is 2.32. The van der Waals surface area contributed by atoms with Crippen molar-refractivity contribution < 1.29 is 8.42 Å². The summed E-state index contributed by atoms with van der Waals surface area (Å²) in [6.45, 7) is 0.249. The highest BCUT2D eigenvalue weighted by atomic mass is 32.2. The molecule has 3 rings (SSSR count). The summed E-state index contributed by atoms with van der Waals surface area (Å²) in [6, 6.07) is 12.1. The fourth-order valence-corrected chi connectivity index (χ4v) is 5.22. The van der Waals surface area contributed by atoms with Crippen LogP contribution in [0.25, 0.3) is 0 Å². The van der Waals surface area contributed by atoms with Gasteiger partial charge in [0, 0.05) is 12.6 Å². The summed E-state index contributed by atoms with van der Waals surface area (Å²) in [5, 5.41) is 8.86. The molecule has 1 aliphatic rings. The van der Waals surface area contributed by atoms with E-state index in [1.807, 2.05) is 24.3 Å². The van der Waals surface area contributed by atoms with Gasteiger partial charge in [-0.05, 0) is 30.2 Å². The van der Waals surface area contributed by atoms with Crippen LogP contribution in [0.15, 0.2) is 40.6 Å². The Balaban J connectivity index is 2.09. The second kappa shape index (κ2) is 5.15. The van der Waals surface area contributed by atoms with E-state index in [0.29, 0.717) is 17.0 Å². The molecule has 2 N–H and O–H groups in total. The summed E-state index contributed by atoms with van der Waals surface area (Å²) < 4.78 is 27.1. The molecule has 0 aliphatic carbocycles. The molecule has 108 valence electrons. The second-order valence-corrected chi connectivity index (χ2v) is 8.03. The predicted molar refractivity (Wildman–Crippen MR) is 81.7 cm³/mol. The van der Waals surface area contributed by atoms with Gasteiger partial charge in [0.25, 0.3) is 10.0 Å². The molecule has 1 atom stereocenters. The van der Waals surface area contributed by atoms with E-state index >= 15 is 0 Å². The van der Waals surface area contributed by atoms with Gasteiger partial charge in [-0.15, -0.1) is 11.3 Å². The summed E-state index contributed by atoms with van der Waals surface area (Å²) >= 11 is 0.978. The maximum Gasteiger partial charge on any atom is 0.273 e. The summed E-state index contributed by atoms with van der Waals surface area (Å²) in [6.07, 6.45) is 0.663. The van der Waals surface area contributed by atoms with Crippen LogP contribution in [0.3, 0.4) is 0 Å². The van der Waals surface area contributed by atoms with Crippen LogP contribution in [0.1, 0.15) is 10.4 Å².